The molecule has 8 heteroatoms. The van der Waals surface area contributed by atoms with Gasteiger partial charge in [-0.1, -0.05) is 12.1 Å². The highest BCUT2D eigenvalue weighted by Crippen LogP contribution is 2.29. The number of hydrogen-bond donors (Lipinski definition) is 4. The van der Waals surface area contributed by atoms with Gasteiger partial charge in [0.1, 0.15) is 12.2 Å². The Morgan fingerprint density at radius 3 is 2.17 bits per heavy atom. The van der Waals surface area contributed by atoms with Gasteiger partial charge in [0.05, 0.1) is 24.3 Å². The van der Waals surface area contributed by atoms with E-state index in [2.05, 4.69) is 0 Å². The monoisotopic (exact) mass is 335 g/mol. The van der Waals surface area contributed by atoms with Crippen molar-refractivity contribution in [3.8, 4) is 0 Å². The van der Waals surface area contributed by atoms with E-state index < -0.39 is 42.7 Å². The van der Waals surface area contributed by atoms with Crippen LogP contribution in [-0.2, 0) is 12.6 Å². The molecular formula is C15H20F3NO4. The fraction of sp³-hybridized carbons (Fsp3) is 0.600. The number of nitrogens with zero attached hydrogens (tertiary/aromatic N) is 1. The number of alkyl halides is 3. The summed E-state index contributed by atoms with van der Waals surface area (Å²) in [5.41, 5.74) is -0.0498. The van der Waals surface area contributed by atoms with Crippen molar-refractivity contribution in [2.24, 2.45) is 0 Å². The maximum absolute atomic E-state index is 12.5. The lowest BCUT2D eigenvalue weighted by Gasteiger charge is -2.43. The lowest BCUT2D eigenvalue weighted by molar-refractivity contribution is -0.144. The van der Waals surface area contributed by atoms with Gasteiger partial charge in [-0.15, -0.1) is 0 Å². The van der Waals surface area contributed by atoms with E-state index in [1.807, 2.05) is 0 Å². The Morgan fingerprint density at radius 2 is 1.65 bits per heavy atom. The minimum atomic E-state index is -4.38. The predicted molar refractivity (Wildman–Crippen MR) is 75.6 cm³/mol. The number of hydrogen-bond acceptors (Lipinski definition) is 5. The second kappa shape index (κ2) is 7.14. The normalized spacial score (nSPS) is 29.7. The summed E-state index contributed by atoms with van der Waals surface area (Å²) < 4.78 is 37.5. The largest absolute Gasteiger partial charge is 0.416 e. The van der Waals surface area contributed by atoms with Gasteiger partial charge >= 0.3 is 6.18 Å². The van der Waals surface area contributed by atoms with Crippen LogP contribution in [0.4, 0.5) is 13.2 Å². The molecule has 130 valence electrons. The molecule has 0 aromatic heterocycles. The number of benzene rings is 1. The molecule has 0 bridgehead atoms. The van der Waals surface area contributed by atoms with Crippen molar-refractivity contribution >= 4 is 0 Å². The Bertz CT molecular complexity index is 508. The fourth-order valence-electron chi connectivity index (χ4n) is 2.77. The van der Waals surface area contributed by atoms with Crippen molar-refractivity contribution in [3.63, 3.8) is 0 Å². The van der Waals surface area contributed by atoms with Crippen LogP contribution in [0.25, 0.3) is 0 Å². The Morgan fingerprint density at radius 1 is 1.04 bits per heavy atom. The Balaban J connectivity index is 1.99. The Kier molecular flexibility index (Phi) is 5.64. The van der Waals surface area contributed by atoms with Crippen LogP contribution in [0.3, 0.4) is 0 Å². The second-order valence-electron chi connectivity index (χ2n) is 5.74. The van der Waals surface area contributed by atoms with Crippen LogP contribution >= 0.6 is 0 Å². The van der Waals surface area contributed by atoms with Crippen molar-refractivity contribution in [1.29, 1.82) is 0 Å². The highest BCUT2D eigenvalue weighted by Gasteiger charge is 2.40. The number of halogens is 3. The number of piperidine rings is 1. The summed E-state index contributed by atoms with van der Waals surface area (Å²) in [6, 6.07) is 4.04. The van der Waals surface area contributed by atoms with Crippen molar-refractivity contribution < 1.29 is 33.6 Å². The number of aliphatic hydroxyl groups is 4. The topological polar surface area (TPSA) is 84.2 Å². The first kappa shape index (κ1) is 18.2. The van der Waals surface area contributed by atoms with Crippen molar-refractivity contribution in [1.82, 2.24) is 4.90 Å². The molecule has 0 radical (unpaired) electrons. The molecule has 1 aliphatic rings. The fourth-order valence-corrected chi connectivity index (χ4v) is 2.77. The molecule has 1 fully saturated rings. The van der Waals surface area contributed by atoms with E-state index >= 15 is 0 Å². The van der Waals surface area contributed by atoms with Gasteiger partial charge in [0.25, 0.3) is 0 Å². The first-order valence-electron chi connectivity index (χ1n) is 7.29. The molecule has 5 nitrogen and oxygen atoms in total. The van der Waals surface area contributed by atoms with Gasteiger partial charge in [0.2, 0.25) is 0 Å². The number of aliphatic hydroxyl groups excluding tert-OH is 4. The van der Waals surface area contributed by atoms with Crippen LogP contribution in [0, 0.1) is 0 Å². The molecule has 4 N–H and O–H groups in total. The van der Waals surface area contributed by atoms with E-state index in [-0.39, 0.29) is 6.54 Å². The van der Waals surface area contributed by atoms with E-state index in [1.54, 1.807) is 4.90 Å². The van der Waals surface area contributed by atoms with Crippen molar-refractivity contribution in [3.05, 3.63) is 35.4 Å². The second-order valence-corrected chi connectivity index (χ2v) is 5.74. The lowest BCUT2D eigenvalue weighted by atomic mass is 9.94. The highest BCUT2D eigenvalue weighted by atomic mass is 19.4. The molecule has 1 saturated heterocycles. The molecule has 1 heterocycles. The van der Waals surface area contributed by atoms with Gasteiger partial charge in [0.15, 0.2) is 0 Å². The third-order valence-corrected chi connectivity index (χ3v) is 4.18. The number of rotatable bonds is 4. The molecule has 0 spiro atoms. The van der Waals surface area contributed by atoms with Crippen LogP contribution in [0.15, 0.2) is 24.3 Å². The van der Waals surface area contributed by atoms with Gasteiger partial charge in [-0.2, -0.15) is 13.2 Å². The third kappa shape index (κ3) is 4.21. The van der Waals surface area contributed by atoms with Crippen LogP contribution in [0.1, 0.15) is 11.1 Å². The van der Waals surface area contributed by atoms with Gasteiger partial charge in [0, 0.05) is 13.1 Å². The molecular weight excluding hydrogens is 315 g/mol. The standard InChI is InChI=1S/C15H20F3NO4/c16-15(17,18)10-3-1-9(2-4-10)5-6-19-7-12(21)14(23)13(22)11(19)8-20/h1-4,11-14,20-23H,5-8H2/t11-,12-,13+,14+/m0/s1. The first-order chi connectivity index (χ1) is 10.7. The average Bonchev–Trinajstić information content (AvgIpc) is 2.50. The van der Waals surface area contributed by atoms with Gasteiger partial charge in [-0.05, 0) is 24.1 Å². The predicted octanol–water partition coefficient (Wildman–Crippen LogP) is 0.00710. The van der Waals surface area contributed by atoms with Crippen molar-refractivity contribution in [2.45, 2.75) is 37.0 Å². The quantitative estimate of drug-likeness (QED) is 0.623. The first-order valence-corrected chi connectivity index (χ1v) is 7.29. The van der Waals surface area contributed by atoms with E-state index in [9.17, 15) is 33.6 Å². The molecule has 1 aromatic rings. The molecule has 0 aliphatic carbocycles. The number of β-amino-alcohol motifs (C(OH)–C–C–N with tert-alkyl or cyclic N) is 1. The molecule has 23 heavy (non-hydrogen) atoms. The summed E-state index contributed by atoms with van der Waals surface area (Å²) in [6.07, 6.45) is -7.73. The maximum atomic E-state index is 12.5. The van der Waals surface area contributed by atoms with E-state index in [0.717, 1.165) is 12.1 Å². The molecule has 0 amide bonds. The zero-order valence-corrected chi connectivity index (χ0v) is 12.3. The van der Waals surface area contributed by atoms with E-state index in [1.165, 1.54) is 12.1 Å². The van der Waals surface area contributed by atoms with Gasteiger partial charge in [-0.3, -0.25) is 4.90 Å². The molecule has 1 aliphatic heterocycles. The molecule has 1 aromatic carbocycles. The summed E-state index contributed by atoms with van der Waals surface area (Å²) in [6.45, 7) is 0.0134. The highest BCUT2D eigenvalue weighted by molar-refractivity contribution is 5.24. The maximum Gasteiger partial charge on any atom is 0.416 e. The number of likely N-dealkylation sites (tertiary alicyclic amines) is 1. The summed E-state index contributed by atoms with van der Waals surface area (Å²) in [5.74, 6) is 0. The minimum Gasteiger partial charge on any atom is -0.395 e. The van der Waals surface area contributed by atoms with E-state index in [0.29, 0.717) is 18.5 Å². The third-order valence-electron chi connectivity index (χ3n) is 4.18. The zero-order valence-electron chi connectivity index (χ0n) is 12.3. The SMILES string of the molecule is OC[C@H]1[C@@H](O)[C@H](O)[C@@H](O)CN1CCc1ccc(C(F)(F)F)cc1. The van der Waals surface area contributed by atoms with Crippen molar-refractivity contribution in [2.75, 3.05) is 19.7 Å². The average molecular weight is 335 g/mol. The summed E-state index contributed by atoms with van der Waals surface area (Å²) in [4.78, 5) is 1.62. The zero-order chi connectivity index (χ0) is 17.2. The van der Waals surface area contributed by atoms with Crippen LogP contribution in [0.2, 0.25) is 0 Å². The van der Waals surface area contributed by atoms with Crippen LogP contribution < -0.4 is 0 Å². The summed E-state index contributed by atoms with van der Waals surface area (Å²) >= 11 is 0. The smallest absolute Gasteiger partial charge is 0.395 e. The summed E-state index contributed by atoms with van der Waals surface area (Å²) in [5, 5.41) is 38.5. The van der Waals surface area contributed by atoms with Crippen LogP contribution in [0.5, 0.6) is 0 Å². The van der Waals surface area contributed by atoms with Gasteiger partial charge < -0.3 is 20.4 Å². The molecule has 0 unspecified atom stereocenters. The molecule has 4 atom stereocenters. The lowest BCUT2D eigenvalue weighted by Crippen LogP contribution is -2.62. The van der Waals surface area contributed by atoms with E-state index in [4.69, 9.17) is 0 Å². The Labute approximate surface area is 131 Å². The Hall–Kier alpha value is -1.19. The molecule has 0 saturated carbocycles. The minimum absolute atomic E-state index is 0.0735. The van der Waals surface area contributed by atoms with Crippen LogP contribution in [-0.4, -0.2) is 69.4 Å². The van der Waals surface area contributed by atoms with Gasteiger partial charge in [-0.25, -0.2) is 0 Å². The molecule has 2 rings (SSSR count). The summed E-state index contributed by atoms with van der Waals surface area (Å²) in [7, 11) is 0.